The number of halogens is 1. The van der Waals surface area contributed by atoms with E-state index in [2.05, 4.69) is 17.0 Å². The van der Waals surface area contributed by atoms with Crippen molar-refractivity contribution in [3.8, 4) is 6.07 Å². The predicted molar refractivity (Wildman–Crippen MR) is 72.3 cm³/mol. The van der Waals surface area contributed by atoms with Crippen LogP contribution in [0.5, 0.6) is 0 Å². The molecule has 3 heteroatoms. The summed E-state index contributed by atoms with van der Waals surface area (Å²) in [5.41, 5.74) is 3.43. The molecule has 1 aliphatic heterocycles. The van der Waals surface area contributed by atoms with Gasteiger partial charge in [-0.05, 0) is 29.7 Å². The fourth-order valence-electron chi connectivity index (χ4n) is 2.59. The van der Waals surface area contributed by atoms with Crippen molar-refractivity contribution < 1.29 is 4.39 Å². The molecule has 0 radical (unpaired) electrons. The summed E-state index contributed by atoms with van der Waals surface area (Å²) in [6.07, 6.45) is 0.928. The van der Waals surface area contributed by atoms with Gasteiger partial charge >= 0.3 is 0 Å². The minimum absolute atomic E-state index is 0.141. The van der Waals surface area contributed by atoms with Gasteiger partial charge in [-0.1, -0.05) is 30.3 Å². The Hall–Kier alpha value is -2.34. The highest BCUT2D eigenvalue weighted by molar-refractivity contribution is 5.61. The molecule has 0 saturated carbocycles. The Morgan fingerprint density at radius 1 is 1.05 bits per heavy atom. The average molecular weight is 252 g/mol. The fraction of sp³-hybridized carbons (Fsp3) is 0.188. The van der Waals surface area contributed by atoms with Crippen molar-refractivity contribution in [1.82, 2.24) is 0 Å². The Morgan fingerprint density at radius 3 is 2.63 bits per heavy atom. The molecule has 0 spiro atoms. The number of rotatable bonds is 1. The maximum absolute atomic E-state index is 13.7. The molecule has 0 unspecified atom stereocenters. The quantitative estimate of drug-likeness (QED) is 0.779. The van der Waals surface area contributed by atoms with Crippen molar-refractivity contribution in [2.24, 2.45) is 0 Å². The van der Waals surface area contributed by atoms with Crippen molar-refractivity contribution in [2.75, 3.05) is 11.4 Å². The summed E-state index contributed by atoms with van der Waals surface area (Å²) < 4.78 is 13.7. The van der Waals surface area contributed by atoms with Gasteiger partial charge < -0.3 is 4.90 Å². The van der Waals surface area contributed by atoms with Gasteiger partial charge in [0.05, 0.1) is 5.69 Å². The highest BCUT2D eigenvalue weighted by Crippen LogP contribution is 2.28. The van der Waals surface area contributed by atoms with E-state index in [0.29, 0.717) is 5.69 Å². The summed E-state index contributed by atoms with van der Waals surface area (Å²) >= 11 is 0. The normalized spacial score (nSPS) is 13.8. The maximum atomic E-state index is 13.7. The lowest BCUT2D eigenvalue weighted by molar-refractivity contribution is 0.621. The van der Waals surface area contributed by atoms with E-state index >= 15 is 0 Å². The monoisotopic (exact) mass is 252 g/mol. The minimum Gasteiger partial charge on any atom is -0.366 e. The van der Waals surface area contributed by atoms with E-state index < -0.39 is 5.82 Å². The third-order valence-electron chi connectivity index (χ3n) is 3.57. The summed E-state index contributed by atoms with van der Waals surface area (Å²) in [6, 6.07) is 15.0. The van der Waals surface area contributed by atoms with E-state index in [4.69, 9.17) is 5.26 Å². The van der Waals surface area contributed by atoms with Crippen molar-refractivity contribution in [1.29, 1.82) is 5.26 Å². The van der Waals surface area contributed by atoms with Crippen LogP contribution in [0.4, 0.5) is 10.1 Å². The minimum atomic E-state index is -0.446. The molecule has 0 aliphatic carbocycles. The zero-order chi connectivity index (χ0) is 13.2. The van der Waals surface area contributed by atoms with Crippen LogP contribution in [-0.4, -0.2) is 6.54 Å². The van der Waals surface area contributed by atoms with Gasteiger partial charge in [0.25, 0.3) is 0 Å². The SMILES string of the molecule is N#Cc1c(F)cccc1N1CCc2ccccc2C1. The van der Waals surface area contributed by atoms with Gasteiger partial charge in [-0.25, -0.2) is 4.39 Å². The van der Waals surface area contributed by atoms with Crippen LogP contribution in [0.2, 0.25) is 0 Å². The molecule has 19 heavy (non-hydrogen) atoms. The molecular weight excluding hydrogens is 239 g/mol. The van der Waals surface area contributed by atoms with E-state index in [1.54, 1.807) is 6.07 Å². The highest BCUT2D eigenvalue weighted by atomic mass is 19.1. The van der Waals surface area contributed by atoms with Crippen LogP contribution in [0.25, 0.3) is 0 Å². The summed E-state index contributed by atoms with van der Waals surface area (Å²) in [4.78, 5) is 2.07. The van der Waals surface area contributed by atoms with Gasteiger partial charge in [-0.2, -0.15) is 5.26 Å². The molecule has 2 aromatic rings. The number of nitriles is 1. The Kier molecular flexibility index (Phi) is 2.92. The molecule has 1 heterocycles. The molecule has 0 fully saturated rings. The number of benzene rings is 2. The summed E-state index contributed by atoms with van der Waals surface area (Å²) in [5, 5.41) is 9.11. The molecule has 0 amide bonds. The van der Waals surface area contributed by atoms with E-state index in [0.717, 1.165) is 19.5 Å². The number of anilines is 1. The Morgan fingerprint density at radius 2 is 1.84 bits per heavy atom. The Balaban J connectivity index is 1.98. The van der Waals surface area contributed by atoms with Gasteiger partial charge in [-0.15, -0.1) is 0 Å². The number of hydrogen-bond donors (Lipinski definition) is 0. The van der Waals surface area contributed by atoms with Gasteiger partial charge in [0.1, 0.15) is 17.4 Å². The maximum Gasteiger partial charge on any atom is 0.143 e. The second-order valence-corrected chi connectivity index (χ2v) is 4.69. The van der Waals surface area contributed by atoms with Crippen LogP contribution in [-0.2, 0) is 13.0 Å². The van der Waals surface area contributed by atoms with Crippen LogP contribution in [0.3, 0.4) is 0 Å². The molecular formula is C16H13FN2. The van der Waals surface area contributed by atoms with Gasteiger partial charge in [-0.3, -0.25) is 0 Å². The third kappa shape index (κ3) is 2.06. The largest absolute Gasteiger partial charge is 0.366 e. The highest BCUT2D eigenvalue weighted by Gasteiger charge is 2.19. The molecule has 1 aliphatic rings. The first-order valence-electron chi connectivity index (χ1n) is 6.30. The van der Waals surface area contributed by atoms with E-state index in [1.165, 1.54) is 17.2 Å². The van der Waals surface area contributed by atoms with Crippen molar-refractivity contribution in [2.45, 2.75) is 13.0 Å². The first-order chi connectivity index (χ1) is 9.29. The van der Waals surface area contributed by atoms with Gasteiger partial charge in [0, 0.05) is 13.1 Å². The molecule has 2 aromatic carbocycles. The van der Waals surface area contributed by atoms with Crippen LogP contribution in [0.1, 0.15) is 16.7 Å². The number of hydrogen-bond acceptors (Lipinski definition) is 2. The molecule has 0 atom stereocenters. The molecule has 2 nitrogen and oxygen atoms in total. The molecule has 3 rings (SSSR count). The molecule has 0 saturated heterocycles. The first-order valence-corrected chi connectivity index (χ1v) is 6.30. The lowest BCUT2D eigenvalue weighted by Crippen LogP contribution is -2.31. The molecule has 0 aromatic heterocycles. The van der Waals surface area contributed by atoms with Crippen molar-refractivity contribution in [3.63, 3.8) is 0 Å². The summed E-state index contributed by atoms with van der Waals surface area (Å²) in [6.45, 7) is 1.55. The van der Waals surface area contributed by atoms with Gasteiger partial charge in [0.2, 0.25) is 0 Å². The Bertz CT molecular complexity index is 658. The zero-order valence-corrected chi connectivity index (χ0v) is 10.4. The third-order valence-corrected chi connectivity index (χ3v) is 3.57. The molecule has 94 valence electrons. The van der Waals surface area contributed by atoms with E-state index in [-0.39, 0.29) is 5.56 Å². The fourth-order valence-corrected chi connectivity index (χ4v) is 2.59. The lowest BCUT2D eigenvalue weighted by Gasteiger charge is -2.31. The summed E-state index contributed by atoms with van der Waals surface area (Å²) in [5.74, 6) is -0.446. The first kappa shape index (κ1) is 11.7. The zero-order valence-electron chi connectivity index (χ0n) is 10.4. The summed E-state index contributed by atoms with van der Waals surface area (Å²) in [7, 11) is 0. The predicted octanol–water partition coefficient (Wildman–Crippen LogP) is 3.26. The smallest absolute Gasteiger partial charge is 0.143 e. The second kappa shape index (κ2) is 4.74. The molecule has 0 bridgehead atoms. The van der Waals surface area contributed by atoms with Gasteiger partial charge in [0.15, 0.2) is 0 Å². The van der Waals surface area contributed by atoms with Crippen LogP contribution in [0.15, 0.2) is 42.5 Å². The average Bonchev–Trinajstić information content (AvgIpc) is 2.46. The number of nitrogens with zero attached hydrogens (tertiary/aromatic N) is 2. The van der Waals surface area contributed by atoms with E-state index in [9.17, 15) is 4.39 Å². The van der Waals surface area contributed by atoms with Crippen molar-refractivity contribution in [3.05, 3.63) is 65.0 Å². The van der Waals surface area contributed by atoms with Crippen LogP contribution >= 0.6 is 0 Å². The standard InChI is InChI=1S/C16H13FN2/c17-15-6-3-7-16(14(15)10-18)19-9-8-12-4-1-2-5-13(12)11-19/h1-7H,8-9,11H2. The molecule has 0 N–H and O–H groups in total. The van der Waals surface area contributed by atoms with Crippen LogP contribution in [0, 0.1) is 17.1 Å². The topological polar surface area (TPSA) is 27.0 Å². The number of fused-ring (bicyclic) bond motifs is 1. The van der Waals surface area contributed by atoms with Crippen LogP contribution < -0.4 is 4.90 Å². The van der Waals surface area contributed by atoms with E-state index in [1.807, 2.05) is 24.3 Å². The lowest BCUT2D eigenvalue weighted by atomic mass is 9.99. The van der Waals surface area contributed by atoms with Crippen molar-refractivity contribution >= 4 is 5.69 Å². The second-order valence-electron chi connectivity index (χ2n) is 4.69. The Labute approximate surface area is 111 Å².